The van der Waals surface area contributed by atoms with Gasteiger partial charge in [0.25, 0.3) is 0 Å². The van der Waals surface area contributed by atoms with Gasteiger partial charge in [-0.1, -0.05) is 25.1 Å². The second-order valence-corrected chi connectivity index (χ2v) is 6.77. The zero-order chi connectivity index (χ0) is 16.9. The minimum Gasteiger partial charge on any atom is -0.349 e. The van der Waals surface area contributed by atoms with E-state index >= 15 is 0 Å². The van der Waals surface area contributed by atoms with Crippen LogP contribution >= 0.6 is 11.3 Å². The Kier molecular flexibility index (Phi) is 5.25. The van der Waals surface area contributed by atoms with E-state index in [0.29, 0.717) is 13.0 Å². The third-order valence-corrected chi connectivity index (χ3v) is 5.13. The van der Waals surface area contributed by atoms with Gasteiger partial charge >= 0.3 is 0 Å². The minimum absolute atomic E-state index is 0.0111. The molecule has 126 valence electrons. The van der Waals surface area contributed by atoms with Crippen molar-refractivity contribution in [2.24, 2.45) is 0 Å². The van der Waals surface area contributed by atoms with Crippen molar-refractivity contribution >= 4 is 28.8 Å². The van der Waals surface area contributed by atoms with E-state index in [1.807, 2.05) is 29.6 Å². The standard InChI is InChI=1S/C18H21N3O2S/c1-2-17-20-14(12-24-17)10-19-16(22)11-21-15-8-4-3-6-13(15)7-5-9-18(21)23/h3-4,6,8,12H,2,5,7,9-11H2,1H3,(H,19,22). The zero-order valence-electron chi connectivity index (χ0n) is 13.7. The number of carbonyl (C=O) groups excluding carboxylic acids is 2. The molecule has 0 aliphatic carbocycles. The number of amides is 2. The van der Waals surface area contributed by atoms with Gasteiger partial charge in [-0.15, -0.1) is 11.3 Å². The highest BCUT2D eigenvalue weighted by atomic mass is 32.1. The summed E-state index contributed by atoms with van der Waals surface area (Å²) in [5, 5.41) is 5.90. The third kappa shape index (κ3) is 3.82. The summed E-state index contributed by atoms with van der Waals surface area (Å²) in [6.45, 7) is 2.52. The van der Waals surface area contributed by atoms with E-state index in [-0.39, 0.29) is 18.4 Å². The zero-order valence-corrected chi connectivity index (χ0v) is 14.6. The molecule has 1 aromatic heterocycles. The van der Waals surface area contributed by atoms with Gasteiger partial charge in [-0.3, -0.25) is 9.59 Å². The predicted octanol–water partition coefficient (Wildman–Crippen LogP) is 2.69. The highest BCUT2D eigenvalue weighted by molar-refractivity contribution is 7.09. The number of anilines is 1. The maximum absolute atomic E-state index is 12.4. The van der Waals surface area contributed by atoms with E-state index in [9.17, 15) is 9.59 Å². The molecule has 0 saturated carbocycles. The van der Waals surface area contributed by atoms with Crippen LogP contribution in [0.15, 0.2) is 29.6 Å². The first-order valence-corrected chi connectivity index (χ1v) is 9.13. The molecule has 6 heteroatoms. The molecule has 1 N–H and O–H groups in total. The summed E-state index contributed by atoms with van der Waals surface area (Å²) in [4.78, 5) is 30.7. The van der Waals surface area contributed by atoms with Crippen LogP contribution in [0, 0.1) is 0 Å². The van der Waals surface area contributed by atoms with Crippen LogP contribution in [0.4, 0.5) is 5.69 Å². The lowest BCUT2D eigenvalue weighted by Gasteiger charge is -2.22. The van der Waals surface area contributed by atoms with Gasteiger partial charge in [0.05, 0.1) is 17.2 Å². The number of thiazole rings is 1. The van der Waals surface area contributed by atoms with Crippen LogP contribution in [0.1, 0.15) is 36.0 Å². The van der Waals surface area contributed by atoms with Gasteiger partial charge in [0.2, 0.25) is 11.8 Å². The molecule has 0 spiro atoms. The van der Waals surface area contributed by atoms with Gasteiger partial charge in [-0.25, -0.2) is 4.98 Å². The average Bonchev–Trinajstić information content (AvgIpc) is 3.00. The van der Waals surface area contributed by atoms with Crippen molar-refractivity contribution in [3.63, 3.8) is 0 Å². The van der Waals surface area contributed by atoms with Crippen LogP contribution in [0.25, 0.3) is 0 Å². The first kappa shape index (κ1) is 16.6. The highest BCUT2D eigenvalue weighted by Gasteiger charge is 2.23. The smallest absolute Gasteiger partial charge is 0.240 e. The molecule has 1 aliphatic heterocycles. The van der Waals surface area contributed by atoms with Crippen molar-refractivity contribution in [1.82, 2.24) is 10.3 Å². The Morgan fingerprint density at radius 3 is 2.96 bits per heavy atom. The number of para-hydroxylation sites is 1. The first-order chi connectivity index (χ1) is 11.7. The Bertz CT molecular complexity index is 741. The van der Waals surface area contributed by atoms with Crippen LogP contribution in [0.2, 0.25) is 0 Å². The van der Waals surface area contributed by atoms with E-state index in [1.54, 1.807) is 16.2 Å². The molecule has 0 radical (unpaired) electrons. The van der Waals surface area contributed by atoms with Crippen LogP contribution in [-0.2, 0) is 29.0 Å². The van der Waals surface area contributed by atoms with Gasteiger partial charge < -0.3 is 10.2 Å². The largest absolute Gasteiger partial charge is 0.349 e. The molecule has 1 aromatic carbocycles. The van der Waals surface area contributed by atoms with Crippen molar-refractivity contribution < 1.29 is 9.59 Å². The number of carbonyl (C=O) groups is 2. The van der Waals surface area contributed by atoms with Gasteiger partial charge in [0.15, 0.2) is 0 Å². The maximum atomic E-state index is 12.4. The summed E-state index contributed by atoms with van der Waals surface area (Å²) in [7, 11) is 0. The molecule has 0 fully saturated rings. The Hall–Kier alpha value is -2.21. The molecule has 2 amide bonds. The highest BCUT2D eigenvalue weighted by Crippen LogP contribution is 2.26. The Morgan fingerprint density at radius 1 is 1.33 bits per heavy atom. The normalized spacial score (nSPS) is 14.2. The molecule has 5 nitrogen and oxygen atoms in total. The summed E-state index contributed by atoms with van der Waals surface area (Å²) < 4.78 is 0. The molecule has 0 bridgehead atoms. The van der Waals surface area contributed by atoms with Crippen LogP contribution < -0.4 is 10.2 Å². The number of nitrogens with zero attached hydrogens (tertiary/aromatic N) is 2. The van der Waals surface area contributed by atoms with E-state index in [0.717, 1.165) is 41.2 Å². The molecule has 3 rings (SSSR count). The first-order valence-electron chi connectivity index (χ1n) is 8.25. The number of benzene rings is 1. The van der Waals surface area contributed by atoms with Crippen molar-refractivity contribution in [1.29, 1.82) is 0 Å². The monoisotopic (exact) mass is 343 g/mol. The molecule has 2 heterocycles. The number of nitrogens with one attached hydrogen (secondary N) is 1. The van der Waals surface area contributed by atoms with Crippen molar-refractivity contribution in [2.45, 2.75) is 39.2 Å². The van der Waals surface area contributed by atoms with E-state index in [2.05, 4.69) is 17.2 Å². The molecule has 0 saturated heterocycles. The van der Waals surface area contributed by atoms with Crippen molar-refractivity contribution in [3.8, 4) is 0 Å². The van der Waals surface area contributed by atoms with Gasteiger partial charge in [-0.2, -0.15) is 0 Å². The lowest BCUT2D eigenvalue weighted by Crippen LogP contribution is -2.40. The van der Waals surface area contributed by atoms with Crippen LogP contribution in [-0.4, -0.2) is 23.3 Å². The molecular formula is C18H21N3O2S. The number of hydrogen-bond donors (Lipinski definition) is 1. The second kappa shape index (κ2) is 7.57. The fourth-order valence-corrected chi connectivity index (χ4v) is 3.58. The lowest BCUT2D eigenvalue weighted by atomic mass is 10.1. The third-order valence-electron chi connectivity index (χ3n) is 4.09. The Morgan fingerprint density at radius 2 is 2.17 bits per heavy atom. The van der Waals surface area contributed by atoms with E-state index in [1.165, 1.54) is 0 Å². The number of aromatic nitrogens is 1. The number of hydrogen-bond acceptors (Lipinski definition) is 4. The summed E-state index contributed by atoms with van der Waals surface area (Å²) >= 11 is 1.60. The number of aryl methyl sites for hydroxylation is 2. The quantitative estimate of drug-likeness (QED) is 0.908. The van der Waals surface area contributed by atoms with Gasteiger partial charge in [0, 0.05) is 17.5 Å². The fourth-order valence-electron chi connectivity index (χ4n) is 2.84. The van der Waals surface area contributed by atoms with Crippen LogP contribution in [0.3, 0.4) is 0 Å². The average molecular weight is 343 g/mol. The minimum atomic E-state index is -0.161. The Balaban J connectivity index is 1.65. The summed E-state index contributed by atoms with van der Waals surface area (Å²) in [6, 6.07) is 7.82. The molecule has 0 unspecified atom stereocenters. The van der Waals surface area contributed by atoms with Gasteiger partial charge in [-0.05, 0) is 30.9 Å². The van der Waals surface area contributed by atoms with E-state index < -0.39 is 0 Å². The molecule has 2 aromatic rings. The summed E-state index contributed by atoms with van der Waals surface area (Å²) in [6.07, 6.45) is 3.08. The van der Waals surface area contributed by atoms with Gasteiger partial charge in [0.1, 0.15) is 6.54 Å². The predicted molar refractivity (Wildman–Crippen MR) is 95.1 cm³/mol. The maximum Gasteiger partial charge on any atom is 0.240 e. The fraction of sp³-hybridized carbons (Fsp3) is 0.389. The molecule has 24 heavy (non-hydrogen) atoms. The van der Waals surface area contributed by atoms with Crippen molar-refractivity contribution in [2.75, 3.05) is 11.4 Å². The SMILES string of the molecule is CCc1nc(CNC(=O)CN2C(=O)CCCc3ccccc32)cs1. The molecule has 1 aliphatic rings. The number of rotatable bonds is 5. The number of fused-ring (bicyclic) bond motifs is 1. The summed E-state index contributed by atoms with van der Waals surface area (Å²) in [5.41, 5.74) is 2.85. The Labute approximate surface area is 145 Å². The van der Waals surface area contributed by atoms with Crippen molar-refractivity contribution in [3.05, 3.63) is 45.9 Å². The molecular weight excluding hydrogens is 322 g/mol. The lowest BCUT2D eigenvalue weighted by molar-refractivity contribution is -0.123. The second-order valence-electron chi connectivity index (χ2n) is 5.83. The molecule has 0 atom stereocenters. The summed E-state index contributed by atoms with van der Waals surface area (Å²) in [5.74, 6) is -0.150. The topological polar surface area (TPSA) is 62.3 Å². The van der Waals surface area contributed by atoms with Crippen LogP contribution in [0.5, 0.6) is 0 Å². The van der Waals surface area contributed by atoms with E-state index in [4.69, 9.17) is 0 Å².